The maximum Gasteiger partial charge on any atom is 0.163 e. The highest BCUT2D eigenvalue weighted by Gasteiger charge is 2.08. The predicted octanol–water partition coefficient (Wildman–Crippen LogP) is 2.72. The molecule has 82 valence electrons. The average Bonchev–Trinajstić information content (AvgIpc) is 2.29. The Kier molecular flexibility index (Phi) is 4.28. The number of carbonyl (C=O) groups excluding carboxylic acids is 1. The van der Waals surface area contributed by atoms with Crippen molar-refractivity contribution in [1.29, 1.82) is 5.26 Å². The molecule has 16 heavy (non-hydrogen) atoms. The molecule has 0 amide bonds. The molecule has 0 radical (unpaired) electrons. The quantitative estimate of drug-likeness (QED) is 0.573. The SMILES string of the molecule is C/C=C/COc1cc(C#N)ccc1C(C)=O. The van der Waals surface area contributed by atoms with Gasteiger partial charge in [-0.3, -0.25) is 4.79 Å². The second-order valence-corrected chi connectivity index (χ2v) is 3.26. The van der Waals surface area contributed by atoms with Gasteiger partial charge in [-0.15, -0.1) is 0 Å². The van der Waals surface area contributed by atoms with Crippen LogP contribution < -0.4 is 4.74 Å². The molecule has 0 N–H and O–H groups in total. The van der Waals surface area contributed by atoms with Crippen LogP contribution in [0.5, 0.6) is 5.75 Å². The highest BCUT2D eigenvalue weighted by molar-refractivity contribution is 5.97. The van der Waals surface area contributed by atoms with Gasteiger partial charge in [-0.1, -0.05) is 12.2 Å². The second-order valence-electron chi connectivity index (χ2n) is 3.26. The molecular formula is C13H13NO2. The van der Waals surface area contributed by atoms with Crippen molar-refractivity contribution in [2.24, 2.45) is 0 Å². The molecule has 0 unspecified atom stereocenters. The number of rotatable bonds is 4. The number of Topliss-reactive ketones (excluding diaryl/α,β-unsaturated/α-hetero) is 1. The van der Waals surface area contributed by atoms with Crippen LogP contribution in [0, 0.1) is 11.3 Å². The van der Waals surface area contributed by atoms with Crippen LogP contribution in [-0.2, 0) is 0 Å². The fraction of sp³-hybridized carbons (Fsp3) is 0.231. The van der Waals surface area contributed by atoms with Crippen molar-refractivity contribution < 1.29 is 9.53 Å². The maximum atomic E-state index is 11.3. The molecule has 0 heterocycles. The van der Waals surface area contributed by atoms with Gasteiger partial charge < -0.3 is 4.74 Å². The van der Waals surface area contributed by atoms with E-state index in [9.17, 15) is 4.79 Å². The first kappa shape index (κ1) is 12.0. The van der Waals surface area contributed by atoms with E-state index in [0.29, 0.717) is 23.5 Å². The number of allylic oxidation sites excluding steroid dienone is 1. The highest BCUT2D eigenvalue weighted by atomic mass is 16.5. The molecule has 3 heteroatoms. The Morgan fingerprint density at radius 2 is 2.31 bits per heavy atom. The van der Waals surface area contributed by atoms with Gasteiger partial charge in [0.15, 0.2) is 5.78 Å². The van der Waals surface area contributed by atoms with Gasteiger partial charge in [0.2, 0.25) is 0 Å². The fourth-order valence-electron chi connectivity index (χ4n) is 1.24. The van der Waals surface area contributed by atoms with Crippen LogP contribution in [0.3, 0.4) is 0 Å². The van der Waals surface area contributed by atoms with Crippen molar-refractivity contribution >= 4 is 5.78 Å². The summed E-state index contributed by atoms with van der Waals surface area (Å²) in [6.45, 7) is 3.76. The largest absolute Gasteiger partial charge is 0.489 e. The second kappa shape index (κ2) is 5.72. The van der Waals surface area contributed by atoms with Gasteiger partial charge in [0, 0.05) is 0 Å². The van der Waals surface area contributed by atoms with Crippen LogP contribution in [0.15, 0.2) is 30.4 Å². The van der Waals surface area contributed by atoms with Crippen molar-refractivity contribution in [1.82, 2.24) is 0 Å². The Morgan fingerprint density at radius 3 is 2.88 bits per heavy atom. The number of carbonyl (C=O) groups is 1. The predicted molar refractivity (Wildman–Crippen MR) is 61.5 cm³/mol. The Labute approximate surface area is 95.0 Å². The molecular weight excluding hydrogens is 202 g/mol. The summed E-state index contributed by atoms with van der Waals surface area (Å²) in [5.41, 5.74) is 0.990. The highest BCUT2D eigenvalue weighted by Crippen LogP contribution is 2.20. The summed E-state index contributed by atoms with van der Waals surface area (Å²) in [5, 5.41) is 8.76. The summed E-state index contributed by atoms with van der Waals surface area (Å²) in [6.07, 6.45) is 3.70. The third kappa shape index (κ3) is 2.96. The zero-order valence-electron chi connectivity index (χ0n) is 9.36. The Balaban J connectivity index is 3.01. The standard InChI is InChI=1S/C13H13NO2/c1-3-4-7-16-13-8-11(9-14)5-6-12(13)10(2)15/h3-6,8H,7H2,1-2H3/b4-3+. The van der Waals surface area contributed by atoms with Gasteiger partial charge in [-0.25, -0.2) is 0 Å². The van der Waals surface area contributed by atoms with Crippen molar-refractivity contribution in [2.45, 2.75) is 13.8 Å². The Bertz CT molecular complexity index is 455. The maximum absolute atomic E-state index is 11.3. The summed E-state index contributed by atoms with van der Waals surface area (Å²) in [7, 11) is 0. The van der Waals surface area contributed by atoms with E-state index in [0.717, 1.165) is 0 Å². The van der Waals surface area contributed by atoms with Crippen molar-refractivity contribution in [3.8, 4) is 11.8 Å². The number of ether oxygens (including phenoxy) is 1. The molecule has 0 saturated carbocycles. The minimum Gasteiger partial charge on any atom is -0.489 e. The Morgan fingerprint density at radius 1 is 1.56 bits per heavy atom. The molecule has 0 aliphatic carbocycles. The van der Waals surface area contributed by atoms with Gasteiger partial charge in [-0.2, -0.15) is 5.26 Å². The first-order chi connectivity index (χ1) is 7.69. The van der Waals surface area contributed by atoms with E-state index >= 15 is 0 Å². The number of hydrogen-bond donors (Lipinski definition) is 0. The number of ketones is 1. The molecule has 0 atom stereocenters. The summed E-state index contributed by atoms with van der Waals surface area (Å²) in [4.78, 5) is 11.3. The lowest BCUT2D eigenvalue weighted by molar-refractivity contribution is 0.101. The van der Waals surface area contributed by atoms with E-state index in [1.807, 2.05) is 25.1 Å². The fourth-order valence-corrected chi connectivity index (χ4v) is 1.24. The van der Waals surface area contributed by atoms with E-state index in [4.69, 9.17) is 10.00 Å². The summed E-state index contributed by atoms with van der Waals surface area (Å²) >= 11 is 0. The molecule has 3 nitrogen and oxygen atoms in total. The molecule has 0 bridgehead atoms. The van der Waals surface area contributed by atoms with Crippen LogP contribution in [-0.4, -0.2) is 12.4 Å². The summed E-state index contributed by atoms with van der Waals surface area (Å²) in [6, 6.07) is 6.83. The van der Waals surface area contributed by atoms with Crippen LogP contribution in [0.1, 0.15) is 29.8 Å². The van der Waals surface area contributed by atoms with E-state index < -0.39 is 0 Å². The Hall–Kier alpha value is -2.08. The molecule has 0 fully saturated rings. The minimum absolute atomic E-state index is 0.0695. The number of hydrogen-bond acceptors (Lipinski definition) is 3. The van der Waals surface area contributed by atoms with E-state index in [-0.39, 0.29) is 5.78 Å². The first-order valence-corrected chi connectivity index (χ1v) is 4.98. The van der Waals surface area contributed by atoms with E-state index in [1.165, 1.54) is 6.92 Å². The molecule has 0 aliphatic rings. The first-order valence-electron chi connectivity index (χ1n) is 4.98. The molecule has 0 spiro atoms. The number of benzene rings is 1. The van der Waals surface area contributed by atoms with Crippen LogP contribution in [0.25, 0.3) is 0 Å². The lowest BCUT2D eigenvalue weighted by Crippen LogP contribution is -2.01. The number of nitrogens with zero attached hydrogens (tertiary/aromatic N) is 1. The lowest BCUT2D eigenvalue weighted by Gasteiger charge is -2.07. The van der Waals surface area contributed by atoms with Crippen molar-refractivity contribution in [3.05, 3.63) is 41.5 Å². The lowest BCUT2D eigenvalue weighted by atomic mass is 10.1. The van der Waals surface area contributed by atoms with Crippen LogP contribution >= 0.6 is 0 Å². The topological polar surface area (TPSA) is 50.1 Å². The van der Waals surface area contributed by atoms with E-state index in [2.05, 4.69) is 0 Å². The molecule has 1 aromatic carbocycles. The molecule has 0 aliphatic heterocycles. The normalized spacial score (nSPS) is 10.1. The van der Waals surface area contributed by atoms with Gasteiger partial charge in [-0.05, 0) is 32.0 Å². The monoisotopic (exact) mass is 215 g/mol. The smallest absolute Gasteiger partial charge is 0.163 e. The molecule has 1 aromatic rings. The van der Waals surface area contributed by atoms with Crippen molar-refractivity contribution in [3.63, 3.8) is 0 Å². The molecule has 0 aromatic heterocycles. The zero-order chi connectivity index (χ0) is 12.0. The van der Waals surface area contributed by atoms with Gasteiger partial charge in [0.1, 0.15) is 12.4 Å². The molecule has 1 rings (SSSR count). The van der Waals surface area contributed by atoms with Gasteiger partial charge in [0.25, 0.3) is 0 Å². The third-order valence-corrected chi connectivity index (χ3v) is 2.06. The van der Waals surface area contributed by atoms with Crippen molar-refractivity contribution in [2.75, 3.05) is 6.61 Å². The summed E-state index contributed by atoms with van der Waals surface area (Å²) < 4.78 is 5.42. The van der Waals surface area contributed by atoms with Gasteiger partial charge in [0.05, 0.1) is 17.2 Å². The van der Waals surface area contributed by atoms with Crippen LogP contribution in [0.2, 0.25) is 0 Å². The third-order valence-electron chi connectivity index (χ3n) is 2.06. The number of nitriles is 1. The van der Waals surface area contributed by atoms with Crippen LogP contribution in [0.4, 0.5) is 0 Å². The average molecular weight is 215 g/mol. The minimum atomic E-state index is -0.0695. The van der Waals surface area contributed by atoms with Gasteiger partial charge >= 0.3 is 0 Å². The summed E-state index contributed by atoms with van der Waals surface area (Å²) in [5.74, 6) is 0.393. The zero-order valence-corrected chi connectivity index (χ0v) is 9.36. The molecule has 0 saturated heterocycles. The van der Waals surface area contributed by atoms with E-state index in [1.54, 1.807) is 18.2 Å².